The highest BCUT2D eigenvalue weighted by Gasteiger charge is 2.46. The summed E-state index contributed by atoms with van der Waals surface area (Å²) in [6.07, 6.45) is 0.718. The fourth-order valence-electron chi connectivity index (χ4n) is 2.57. The zero-order valence-electron chi connectivity index (χ0n) is 11.8. The molecule has 1 aliphatic carbocycles. The maximum Gasteiger partial charge on any atom is 0.228 e. The fourth-order valence-corrected chi connectivity index (χ4v) is 2.57. The third-order valence-electron chi connectivity index (χ3n) is 3.71. The molecule has 1 N–H and O–H groups in total. The van der Waals surface area contributed by atoms with E-state index < -0.39 is 0 Å². The number of morpholine rings is 1. The van der Waals surface area contributed by atoms with E-state index in [1.165, 1.54) is 0 Å². The Labute approximate surface area is 117 Å². The maximum absolute atomic E-state index is 12.4. The van der Waals surface area contributed by atoms with E-state index in [1.807, 2.05) is 18.7 Å². The number of H-pyrrole nitrogens is 1. The summed E-state index contributed by atoms with van der Waals surface area (Å²) < 4.78 is 11.1. The first kappa shape index (κ1) is 13.5. The van der Waals surface area contributed by atoms with Gasteiger partial charge in [0, 0.05) is 13.2 Å². The Bertz CT molecular complexity index is 490. The predicted octanol–water partition coefficient (Wildman–Crippen LogP) is 0.438. The van der Waals surface area contributed by atoms with E-state index in [0.29, 0.717) is 32.1 Å². The fraction of sp³-hybridized carbons (Fsp3) is 0.769. The summed E-state index contributed by atoms with van der Waals surface area (Å²) in [5.74, 6) is 1.58. The molecule has 2 fully saturated rings. The van der Waals surface area contributed by atoms with Crippen molar-refractivity contribution in [1.82, 2.24) is 20.1 Å². The van der Waals surface area contributed by atoms with Crippen molar-refractivity contribution in [3.8, 4) is 0 Å². The highest BCUT2D eigenvalue weighted by molar-refractivity contribution is 5.82. The summed E-state index contributed by atoms with van der Waals surface area (Å²) in [7, 11) is 0. The summed E-state index contributed by atoms with van der Waals surface area (Å²) in [5.41, 5.74) is 0. The molecule has 1 amide bonds. The number of nitrogens with one attached hydrogen (secondary N) is 1. The first-order chi connectivity index (χ1) is 9.69. The number of amides is 1. The van der Waals surface area contributed by atoms with Gasteiger partial charge < -0.3 is 14.4 Å². The van der Waals surface area contributed by atoms with Gasteiger partial charge in [0.2, 0.25) is 5.91 Å². The average molecular weight is 280 g/mol. The van der Waals surface area contributed by atoms with Crippen LogP contribution in [0.25, 0.3) is 0 Å². The topological polar surface area (TPSA) is 80.3 Å². The van der Waals surface area contributed by atoms with Gasteiger partial charge in [-0.25, -0.2) is 4.98 Å². The minimum atomic E-state index is -0.234. The third kappa shape index (κ3) is 2.69. The molecule has 0 unspecified atom stereocenters. The number of rotatable bonds is 4. The molecule has 1 aliphatic heterocycles. The van der Waals surface area contributed by atoms with Gasteiger partial charge in [0.15, 0.2) is 5.82 Å². The molecule has 0 radical (unpaired) electrons. The molecule has 1 aromatic rings. The molecule has 2 heterocycles. The van der Waals surface area contributed by atoms with Crippen molar-refractivity contribution in [2.45, 2.75) is 32.5 Å². The Morgan fingerprint density at radius 2 is 2.45 bits per heavy atom. The van der Waals surface area contributed by atoms with Crippen molar-refractivity contribution in [2.75, 3.05) is 26.3 Å². The highest BCUT2D eigenvalue weighted by atomic mass is 16.5. The van der Waals surface area contributed by atoms with Crippen LogP contribution in [0, 0.1) is 12.8 Å². The van der Waals surface area contributed by atoms with Crippen LogP contribution in [0.4, 0.5) is 0 Å². The molecule has 20 heavy (non-hydrogen) atoms. The van der Waals surface area contributed by atoms with Crippen molar-refractivity contribution in [1.29, 1.82) is 0 Å². The SMILES string of the molecule is CCO[C@@H]1C[C@H]1C(=O)N1CCO[C@@H](c2n[nH]c(C)n2)C1. The molecule has 7 heteroatoms. The number of ether oxygens (including phenoxy) is 2. The molecule has 1 saturated heterocycles. The van der Waals surface area contributed by atoms with Crippen molar-refractivity contribution >= 4 is 5.91 Å². The van der Waals surface area contributed by atoms with Crippen LogP contribution in [-0.2, 0) is 14.3 Å². The van der Waals surface area contributed by atoms with Crippen molar-refractivity contribution in [3.63, 3.8) is 0 Å². The Morgan fingerprint density at radius 3 is 3.15 bits per heavy atom. The Kier molecular flexibility index (Phi) is 3.71. The average Bonchev–Trinajstić information content (AvgIpc) is 3.09. The second kappa shape index (κ2) is 5.49. The first-order valence-electron chi connectivity index (χ1n) is 7.10. The summed E-state index contributed by atoms with van der Waals surface area (Å²) in [6.45, 7) is 6.14. The van der Waals surface area contributed by atoms with Gasteiger partial charge >= 0.3 is 0 Å². The molecule has 7 nitrogen and oxygen atoms in total. The van der Waals surface area contributed by atoms with Crippen LogP contribution in [0.2, 0.25) is 0 Å². The zero-order valence-corrected chi connectivity index (χ0v) is 11.8. The van der Waals surface area contributed by atoms with Gasteiger partial charge in [0.1, 0.15) is 11.9 Å². The molecule has 2 aliphatic rings. The van der Waals surface area contributed by atoms with E-state index in [0.717, 1.165) is 12.2 Å². The number of aromatic nitrogens is 3. The maximum atomic E-state index is 12.4. The van der Waals surface area contributed by atoms with Crippen molar-refractivity contribution in [3.05, 3.63) is 11.6 Å². The minimum Gasteiger partial charge on any atom is -0.378 e. The van der Waals surface area contributed by atoms with Crippen molar-refractivity contribution in [2.24, 2.45) is 5.92 Å². The third-order valence-corrected chi connectivity index (χ3v) is 3.71. The lowest BCUT2D eigenvalue weighted by Crippen LogP contribution is -2.43. The van der Waals surface area contributed by atoms with Gasteiger partial charge in [-0.1, -0.05) is 0 Å². The van der Waals surface area contributed by atoms with Gasteiger partial charge in [-0.3, -0.25) is 9.89 Å². The van der Waals surface area contributed by atoms with E-state index in [2.05, 4.69) is 15.2 Å². The Balaban J connectivity index is 1.59. The lowest BCUT2D eigenvalue weighted by molar-refractivity contribution is -0.141. The number of nitrogens with zero attached hydrogens (tertiary/aromatic N) is 3. The van der Waals surface area contributed by atoms with Gasteiger partial charge in [-0.2, -0.15) is 5.10 Å². The second-order valence-electron chi connectivity index (χ2n) is 5.26. The summed E-state index contributed by atoms with van der Waals surface area (Å²) in [6, 6.07) is 0. The van der Waals surface area contributed by atoms with E-state index >= 15 is 0 Å². The van der Waals surface area contributed by atoms with Crippen molar-refractivity contribution < 1.29 is 14.3 Å². The molecule has 0 bridgehead atoms. The highest BCUT2D eigenvalue weighted by Crippen LogP contribution is 2.36. The van der Waals surface area contributed by atoms with Gasteiger partial charge in [-0.15, -0.1) is 0 Å². The smallest absolute Gasteiger partial charge is 0.228 e. The van der Waals surface area contributed by atoms with Crippen LogP contribution in [0.5, 0.6) is 0 Å². The van der Waals surface area contributed by atoms with Gasteiger partial charge in [-0.05, 0) is 20.3 Å². The lowest BCUT2D eigenvalue weighted by atomic mass is 10.2. The summed E-state index contributed by atoms with van der Waals surface area (Å²) >= 11 is 0. The number of aryl methyl sites for hydroxylation is 1. The first-order valence-corrected chi connectivity index (χ1v) is 7.10. The molecular formula is C13H20N4O3. The summed E-state index contributed by atoms with van der Waals surface area (Å²) in [4.78, 5) is 18.5. The van der Waals surface area contributed by atoms with Gasteiger partial charge in [0.25, 0.3) is 0 Å². The lowest BCUT2D eigenvalue weighted by Gasteiger charge is -2.31. The quantitative estimate of drug-likeness (QED) is 0.865. The van der Waals surface area contributed by atoms with E-state index in [1.54, 1.807) is 0 Å². The molecule has 0 spiro atoms. The predicted molar refractivity (Wildman–Crippen MR) is 69.9 cm³/mol. The molecule has 1 aromatic heterocycles. The molecule has 3 rings (SSSR count). The van der Waals surface area contributed by atoms with E-state index in [9.17, 15) is 4.79 Å². The number of hydrogen-bond acceptors (Lipinski definition) is 5. The second-order valence-corrected chi connectivity index (χ2v) is 5.26. The van der Waals surface area contributed by atoms with Gasteiger partial charge in [0.05, 0.1) is 25.2 Å². The molecule has 0 aromatic carbocycles. The van der Waals surface area contributed by atoms with Crippen LogP contribution >= 0.6 is 0 Å². The molecular weight excluding hydrogens is 260 g/mol. The van der Waals surface area contributed by atoms with Crippen LogP contribution in [0.3, 0.4) is 0 Å². The van der Waals surface area contributed by atoms with Crippen LogP contribution in [0.15, 0.2) is 0 Å². The molecule has 3 atom stereocenters. The normalized spacial score (nSPS) is 29.5. The van der Waals surface area contributed by atoms with Crippen LogP contribution < -0.4 is 0 Å². The number of carbonyl (C=O) groups excluding carboxylic acids is 1. The Hall–Kier alpha value is -1.47. The summed E-state index contributed by atoms with van der Waals surface area (Å²) in [5, 5.41) is 6.92. The largest absolute Gasteiger partial charge is 0.378 e. The Morgan fingerprint density at radius 1 is 1.60 bits per heavy atom. The monoisotopic (exact) mass is 280 g/mol. The van der Waals surface area contributed by atoms with Crippen LogP contribution in [-0.4, -0.2) is 58.4 Å². The van der Waals surface area contributed by atoms with Crippen LogP contribution in [0.1, 0.15) is 31.1 Å². The molecule has 110 valence electrons. The zero-order chi connectivity index (χ0) is 14.1. The number of aromatic amines is 1. The van der Waals surface area contributed by atoms with E-state index in [-0.39, 0.29) is 24.0 Å². The number of hydrogen-bond donors (Lipinski definition) is 1. The number of carbonyl (C=O) groups is 1. The minimum absolute atomic E-state index is 0.0302. The van der Waals surface area contributed by atoms with E-state index in [4.69, 9.17) is 9.47 Å². The molecule has 1 saturated carbocycles. The standard InChI is InChI=1S/C13H20N4O3/c1-3-19-10-6-9(10)13(18)17-4-5-20-11(7-17)12-14-8(2)15-16-12/h9-11H,3-7H2,1-2H3,(H,14,15,16)/t9-,10-,11-/m1/s1.